The molecule has 1 amide bonds. The molecule has 1 aromatic heterocycles. The molecule has 0 aromatic carbocycles. The Bertz CT molecular complexity index is 894. The molecule has 8 heteroatoms. The molecule has 0 spiro atoms. The van der Waals surface area contributed by atoms with Crippen molar-refractivity contribution in [2.75, 3.05) is 61.2 Å². The number of fused-ring (bicyclic) bond motifs is 1. The van der Waals surface area contributed by atoms with E-state index in [1.54, 1.807) is 14.2 Å². The Balaban J connectivity index is 1.58. The third kappa shape index (κ3) is 6.07. The molecule has 2 saturated carbocycles. The summed E-state index contributed by atoms with van der Waals surface area (Å²) in [5.74, 6) is 1.31. The number of carbonyl (C=O) groups is 1. The van der Waals surface area contributed by atoms with Crippen LogP contribution in [0.15, 0.2) is 0 Å². The number of nitrogens with one attached hydrogen (secondary N) is 1. The fourth-order valence-electron chi connectivity index (χ4n) is 6.96. The number of hydrogen-bond acceptors (Lipinski definition) is 6. The molecule has 2 heterocycles. The van der Waals surface area contributed by atoms with Crippen LogP contribution >= 0.6 is 0 Å². The van der Waals surface area contributed by atoms with E-state index in [2.05, 4.69) is 40.7 Å². The van der Waals surface area contributed by atoms with E-state index >= 15 is 0 Å². The molecule has 4 rings (SSSR count). The predicted octanol–water partition coefficient (Wildman–Crippen LogP) is 3.64. The van der Waals surface area contributed by atoms with Crippen LogP contribution in [-0.2, 0) is 33.9 Å². The molecule has 37 heavy (non-hydrogen) atoms. The third-order valence-electron chi connectivity index (χ3n) is 9.58. The number of rotatable bonds is 12. The van der Waals surface area contributed by atoms with Gasteiger partial charge >= 0.3 is 0 Å². The van der Waals surface area contributed by atoms with E-state index in [1.165, 1.54) is 36.2 Å². The van der Waals surface area contributed by atoms with Crippen LogP contribution in [0.5, 0.6) is 0 Å². The van der Waals surface area contributed by atoms with Gasteiger partial charge in [0.25, 0.3) is 0 Å². The summed E-state index contributed by atoms with van der Waals surface area (Å²) in [5.41, 5.74) is 3.72. The summed E-state index contributed by atoms with van der Waals surface area (Å²) in [6, 6.07) is 0. The maximum atomic E-state index is 13.7. The summed E-state index contributed by atoms with van der Waals surface area (Å²) < 4.78 is 13.5. The number of likely N-dealkylation sites (N-methyl/N-ethyl adjacent to an activating group) is 2. The van der Waals surface area contributed by atoms with Crippen molar-refractivity contribution in [2.45, 2.75) is 84.3 Å². The van der Waals surface area contributed by atoms with Gasteiger partial charge in [-0.2, -0.15) is 5.10 Å². The van der Waals surface area contributed by atoms with Gasteiger partial charge in [0.1, 0.15) is 0 Å². The summed E-state index contributed by atoms with van der Waals surface area (Å²) in [7, 11) is 7.78. The highest BCUT2D eigenvalue weighted by atomic mass is 16.5. The summed E-state index contributed by atoms with van der Waals surface area (Å²) in [6.07, 6.45) is 8.04. The molecule has 0 bridgehead atoms. The fraction of sp³-hybridized carbons (Fsp3) is 0.862. The SMILES string of the molecule is CNCCN(C)Cc1nn2c(c1C1CCC(COC)(COC)CC1)CN(C(=O)C(C)(C)C1CCC1)CC2. The number of amides is 1. The van der Waals surface area contributed by atoms with Crippen molar-refractivity contribution in [3.8, 4) is 0 Å². The molecule has 210 valence electrons. The lowest BCUT2D eigenvalue weighted by atomic mass is 9.66. The minimum atomic E-state index is -0.276. The van der Waals surface area contributed by atoms with Gasteiger partial charge in [0.2, 0.25) is 5.91 Å². The van der Waals surface area contributed by atoms with Gasteiger partial charge in [-0.3, -0.25) is 14.4 Å². The predicted molar refractivity (Wildman–Crippen MR) is 146 cm³/mol. The topological polar surface area (TPSA) is 71.9 Å². The highest BCUT2D eigenvalue weighted by molar-refractivity contribution is 5.82. The summed E-state index contributed by atoms with van der Waals surface area (Å²) in [4.78, 5) is 18.2. The zero-order valence-electron chi connectivity index (χ0n) is 24.3. The Morgan fingerprint density at radius 1 is 1.14 bits per heavy atom. The van der Waals surface area contributed by atoms with Crippen LogP contribution < -0.4 is 5.32 Å². The molecule has 3 aliphatic rings. The molecular weight excluding hydrogens is 466 g/mol. The van der Waals surface area contributed by atoms with Crippen molar-refractivity contribution in [1.82, 2.24) is 24.9 Å². The van der Waals surface area contributed by atoms with Gasteiger partial charge in [-0.25, -0.2) is 0 Å². The van der Waals surface area contributed by atoms with Crippen molar-refractivity contribution < 1.29 is 14.3 Å². The maximum Gasteiger partial charge on any atom is 0.228 e. The monoisotopic (exact) mass is 517 g/mol. The summed E-state index contributed by atoms with van der Waals surface area (Å²) >= 11 is 0. The molecule has 0 atom stereocenters. The number of methoxy groups -OCH3 is 2. The molecule has 1 N–H and O–H groups in total. The van der Waals surface area contributed by atoms with Gasteiger partial charge in [-0.15, -0.1) is 0 Å². The standard InChI is InChI=1S/C29H51N5O3/c1-28(2,23-8-7-9-23)27(35)33-16-17-34-25(19-33)26(24(31-34)18-32(4)15-14-30-3)22-10-12-29(13-11-22,20-36-5)21-37-6/h22-23,30H,7-21H2,1-6H3. The molecule has 0 saturated heterocycles. The Morgan fingerprint density at radius 3 is 2.38 bits per heavy atom. The zero-order valence-corrected chi connectivity index (χ0v) is 24.3. The van der Waals surface area contributed by atoms with E-state index in [0.717, 1.165) is 71.6 Å². The summed E-state index contributed by atoms with van der Waals surface area (Å²) in [5, 5.41) is 8.43. The highest BCUT2D eigenvalue weighted by Crippen LogP contribution is 2.47. The van der Waals surface area contributed by atoms with Crippen LogP contribution in [0.4, 0.5) is 0 Å². The van der Waals surface area contributed by atoms with Crippen molar-refractivity contribution >= 4 is 5.91 Å². The van der Waals surface area contributed by atoms with Crippen molar-refractivity contribution in [1.29, 1.82) is 0 Å². The quantitative estimate of drug-likeness (QED) is 0.457. The second-order valence-corrected chi connectivity index (χ2v) is 12.6. The average Bonchev–Trinajstić information content (AvgIpc) is 3.18. The number of nitrogens with zero attached hydrogens (tertiary/aromatic N) is 4. The Kier molecular flexibility index (Phi) is 9.36. The molecule has 1 aliphatic heterocycles. The van der Waals surface area contributed by atoms with Crippen LogP contribution in [0.1, 0.15) is 81.7 Å². The van der Waals surface area contributed by atoms with Gasteiger partial charge in [-0.1, -0.05) is 20.3 Å². The molecule has 8 nitrogen and oxygen atoms in total. The van der Waals surface area contributed by atoms with E-state index in [1.807, 2.05) is 7.05 Å². The lowest BCUT2D eigenvalue weighted by Crippen LogP contribution is -2.49. The fourth-order valence-corrected chi connectivity index (χ4v) is 6.96. The van der Waals surface area contributed by atoms with Gasteiger partial charge in [0.15, 0.2) is 0 Å². The number of hydrogen-bond donors (Lipinski definition) is 1. The van der Waals surface area contributed by atoms with Crippen molar-refractivity contribution in [3.63, 3.8) is 0 Å². The molecule has 0 unspecified atom stereocenters. The largest absolute Gasteiger partial charge is 0.384 e. The number of carbonyl (C=O) groups excluding carboxylic acids is 1. The maximum absolute atomic E-state index is 13.7. The molecule has 1 aromatic rings. The lowest BCUT2D eigenvalue weighted by Gasteiger charge is -2.43. The average molecular weight is 518 g/mol. The molecule has 2 aliphatic carbocycles. The summed E-state index contributed by atoms with van der Waals surface area (Å²) in [6.45, 7) is 10.8. The smallest absolute Gasteiger partial charge is 0.228 e. The first-order valence-corrected chi connectivity index (χ1v) is 14.4. The third-order valence-corrected chi connectivity index (χ3v) is 9.58. The molecule has 0 radical (unpaired) electrons. The van der Waals surface area contributed by atoms with E-state index in [4.69, 9.17) is 14.6 Å². The minimum Gasteiger partial charge on any atom is -0.384 e. The van der Waals surface area contributed by atoms with E-state index in [9.17, 15) is 4.79 Å². The van der Waals surface area contributed by atoms with Gasteiger partial charge in [0.05, 0.1) is 37.7 Å². The van der Waals surface area contributed by atoms with Gasteiger partial charge in [-0.05, 0) is 64.5 Å². The number of ether oxygens (including phenoxy) is 2. The van der Waals surface area contributed by atoms with Crippen molar-refractivity contribution in [3.05, 3.63) is 17.0 Å². The van der Waals surface area contributed by atoms with E-state index in [-0.39, 0.29) is 10.8 Å². The molecular formula is C29H51N5O3. The van der Waals surface area contributed by atoms with Crippen LogP contribution in [0, 0.1) is 16.7 Å². The van der Waals surface area contributed by atoms with Crippen LogP contribution in [0.25, 0.3) is 0 Å². The lowest BCUT2D eigenvalue weighted by molar-refractivity contribution is -0.147. The van der Waals surface area contributed by atoms with Gasteiger partial charge < -0.3 is 19.7 Å². The minimum absolute atomic E-state index is 0.103. The highest BCUT2D eigenvalue weighted by Gasteiger charge is 2.44. The second-order valence-electron chi connectivity index (χ2n) is 12.6. The number of aromatic nitrogens is 2. The van der Waals surface area contributed by atoms with Crippen LogP contribution in [-0.4, -0.2) is 86.7 Å². The van der Waals surface area contributed by atoms with Crippen molar-refractivity contribution in [2.24, 2.45) is 16.7 Å². The zero-order chi connectivity index (χ0) is 26.6. The van der Waals surface area contributed by atoms with E-state index in [0.29, 0.717) is 24.3 Å². The Hall–Kier alpha value is -1.48. The first-order chi connectivity index (χ1) is 17.7. The Labute approximate surface area is 224 Å². The normalized spacial score (nSPS) is 20.8. The second kappa shape index (κ2) is 12.1. The van der Waals surface area contributed by atoms with Gasteiger partial charge in [0, 0.05) is 56.8 Å². The van der Waals surface area contributed by atoms with Crippen LogP contribution in [0.2, 0.25) is 0 Å². The van der Waals surface area contributed by atoms with Crippen LogP contribution in [0.3, 0.4) is 0 Å². The first-order valence-electron chi connectivity index (χ1n) is 14.4. The molecule has 2 fully saturated rings. The Morgan fingerprint density at radius 2 is 1.81 bits per heavy atom. The van der Waals surface area contributed by atoms with E-state index < -0.39 is 0 Å². The first kappa shape index (κ1) is 28.5.